The van der Waals surface area contributed by atoms with E-state index < -0.39 is 4.92 Å². The molecule has 3 aromatic carbocycles. The fourth-order valence-corrected chi connectivity index (χ4v) is 4.24. The van der Waals surface area contributed by atoms with E-state index in [1.165, 1.54) is 18.2 Å². The molecule has 32 heavy (non-hydrogen) atoms. The lowest BCUT2D eigenvalue weighted by Gasteiger charge is -2.30. The number of anilines is 1. The SMILES string of the molecule is O=C(c1ccc([N+](=O)[O-])cc1Cl)N1C[C@@H](CO)N(Cc2ccccc2)Cc2ccccc21. The first-order valence-electron chi connectivity index (χ1n) is 10.2. The molecule has 1 atom stereocenters. The van der Waals surface area contributed by atoms with Crippen LogP contribution in [0, 0.1) is 10.1 Å². The van der Waals surface area contributed by atoms with Crippen LogP contribution in [0.15, 0.2) is 72.8 Å². The summed E-state index contributed by atoms with van der Waals surface area (Å²) in [7, 11) is 0. The largest absolute Gasteiger partial charge is 0.395 e. The van der Waals surface area contributed by atoms with Gasteiger partial charge in [-0.2, -0.15) is 0 Å². The third-order valence-electron chi connectivity index (χ3n) is 5.64. The van der Waals surface area contributed by atoms with E-state index in [0.29, 0.717) is 13.1 Å². The molecule has 0 bridgehead atoms. The minimum Gasteiger partial charge on any atom is -0.395 e. The van der Waals surface area contributed by atoms with Crippen molar-refractivity contribution >= 4 is 28.9 Å². The molecule has 1 amide bonds. The van der Waals surface area contributed by atoms with Gasteiger partial charge < -0.3 is 10.0 Å². The first-order chi connectivity index (χ1) is 15.5. The Morgan fingerprint density at radius 1 is 1.09 bits per heavy atom. The zero-order valence-corrected chi connectivity index (χ0v) is 18.0. The Morgan fingerprint density at radius 2 is 1.81 bits per heavy atom. The number of carbonyl (C=O) groups excluding carboxylic acids is 1. The van der Waals surface area contributed by atoms with Gasteiger partial charge in [0.1, 0.15) is 0 Å². The standard InChI is InChI=1S/C24H22ClN3O4/c25-22-12-19(28(31)32)10-11-21(22)24(30)27-15-20(16-29)26(13-17-6-2-1-3-7-17)14-18-8-4-5-9-23(18)27/h1-12,20,29H,13-16H2/t20-/m0/s1. The summed E-state index contributed by atoms with van der Waals surface area (Å²) in [4.78, 5) is 27.8. The van der Waals surface area contributed by atoms with Gasteiger partial charge in [-0.1, -0.05) is 60.1 Å². The molecule has 164 valence electrons. The third-order valence-corrected chi connectivity index (χ3v) is 5.96. The Kier molecular flexibility index (Phi) is 6.50. The third kappa shape index (κ3) is 4.50. The van der Waals surface area contributed by atoms with Crippen LogP contribution in [0.5, 0.6) is 0 Å². The van der Waals surface area contributed by atoms with E-state index >= 15 is 0 Å². The van der Waals surface area contributed by atoms with E-state index in [0.717, 1.165) is 16.8 Å². The minimum atomic E-state index is -0.551. The Morgan fingerprint density at radius 3 is 2.50 bits per heavy atom. The summed E-state index contributed by atoms with van der Waals surface area (Å²) >= 11 is 6.25. The van der Waals surface area contributed by atoms with Crippen LogP contribution < -0.4 is 4.90 Å². The number of benzene rings is 3. The molecule has 1 aliphatic heterocycles. The van der Waals surface area contributed by atoms with E-state index in [1.807, 2.05) is 54.6 Å². The van der Waals surface area contributed by atoms with E-state index in [-0.39, 0.29) is 41.4 Å². The molecule has 8 heteroatoms. The number of nitro groups is 1. The molecular formula is C24H22ClN3O4. The number of carbonyl (C=O) groups is 1. The number of hydrogen-bond donors (Lipinski definition) is 1. The first kappa shape index (κ1) is 22.0. The Bertz CT molecular complexity index is 1140. The van der Waals surface area contributed by atoms with Gasteiger partial charge in [-0.05, 0) is 23.3 Å². The lowest BCUT2D eigenvalue weighted by Crippen LogP contribution is -2.45. The Balaban J connectivity index is 1.70. The monoisotopic (exact) mass is 451 g/mol. The molecule has 1 heterocycles. The summed E-state index contributed by atoms with van der Waals surface area (Å²) in [5.41, 5.74) is 2.80. The molecule has 0 fully saturated rings. The van der Waals surface area contributed by atoms with Gasteiger partial charge in [0.15, 0.2) is 0 Å². The van der Waals surface area contributed by atoms with Gasteiger partial charge >= 0.3 is 0 Å². The molecule has 0 saturated carbocycles. The number of fused-ring (bicyclic) bond motifs is 1. The predicted octanol–water partition coefficient (Wildman–Crippen LogP) is 4.27. The van der Waals surface area contributed by atoms with E-state index in [1.54, 1.807) is 4.90 Å². The number of rotatable bonds is 5. The molecule has 0 radical (unpaired) electrons. The average molecular weight is 452 g/mol. The maximum absolute atomic E-state index is 13.5. The molecule has 0 aliphatic carbocycles. The molecule has 0 saturated heterocycles. The van der Waals surface area contributed by atoms with Gasteiger partial charge in [-0.25, -0.2) is 0 Å². The topological polar surface area (TPSA) is 86.9 Å². The van der Waals surface area contributed by atoms with Gasteiger partial charge in [-0.3, -0.25) is 19.8 Å². The van der Waals surface area contributed by atoms with Crippen LogP contribution in [0.1, 0.15) is 21.5 Å². The Labute approximate surface area is 190 Å². The number of non-ortho nitro benzene ring substituents is 1. The number of para-hydroxylation sites is 1. The number of halogens is 1. The maximum Gasteiger partial charge on any atom is 0.270 e. The molecule has 0 unspecified atom stereocenters. The van der Waals surface area contributed by atoms with Crippen molar-refractivity contribution in [2.75, 3.05) is 18.1 Å². The van der Waals surface area contributed by atoms with Crippen molar-refractivity contribution in [1.82, 2.24) is 4.90 Å². The highest BCUT2D eigenvalue weighted by molar-refractivity contribution is 6.34. The summed E-state index contributed by atoms with van der Waals surface area (Å²) < 4.78 is 0. The zero-order valence-electron chi connectivity index (χ0n) is 17.2. The van der Waals surface area contributed by atoms with Crippen LogP contribution in [-0.2, 0) is 13.1 Å². The van der Waals surface area contributed by atoms with E-state index in [9.17, 15) is 20.0 Å². The average Bonchev–Trinajstić information content (AvgIpc) is 2.95. The predicted molar refractivity (Wildman–Crippen MR) is 123 cm³/mol. The molecule has 1 aliphatic rings. The number of nitrogens with zero attached hydrogens (tertiary/aromatic N) is 3. The lowest BCUT2D eigenvalue weighted by atomic mass is 10.1. The normalized spacial score (nSPS) is 16.3. The molecule has 7 nitrogen and oxygen atoms in total. The van der Waals surface area contributed by atoms with Crippen molar-refractivity contribution in [2.24, 2.45) is 0 Å². The van der Waals surface area contributed by atoms with Gasteiger partial charge in [0.05, 0.1) is 28.2 Å². The van der Waals surface area contributed by atoms with Gasteiger partial charge in [0.2, 0.25) is 0 Å². The van der Waals surface area contributed by atoms with Crippen molar-refractivity contribution in [1.29, 1.82) is 0 Å². The van der Waals surface area contributed by atoms with Crippen LogP contribution in [0.2, 0.25) is 5.02 Å². The second-order valence-corrected chi connectivity index (χ2v) is 8.10. The van der Waals surface area contributed by atoms with Crippen molar-refractivity contribution < 1.29 is 14.8 Å². The second-order valence-electron chi connectivity index (χ2n) is 7.69. The number of aliphatic hydroxyl groups is 1. The smallest absolute Gasteiger partial charge is 0.270 e. The highest BCUT2D eigenvalue weighted by atomic mass is 35.5. The molecule has 4 rings (SSSR count). The minimum absolute atomic E-state index is 0.0209. The fourth-order valence-electron chi connectivity index (χ4n) is 3.99. The van der Waals surface area contributed by atoms with Crippen LogP contribution in [0.25, 0.3) is 0 Å². The Hall–Kier alpha value is -3.26. The van der Waals surface area contributed by atoms with E-state index in [2.05, 4.69) is 4.90 Å². The van der Waals surface area contributed by atoms with Crippen molar-refractivity contribution in [3.8, 4) is 0 Å². The first-order valence-corrected chi connectivity index (χ1v) is 10.6. The number of aliphatic hydroxyl groups excluding tert-OH is 1. The summed E-state index contributed by atoms with van der Waals surface area (Å²) in [5.74, 6) is -0.364. The number of amides is 1. The van der Waals surface area contributed by atoms with Crippen molar-refractivity contribution in [3.05, 3.63) is 105 Å². The number of nitro benzene ring substituents is 1. The van der Waals surface area contributed by atoms with Gasteiger partial charge in [0, 0.05) is 37.5 Å². The van der Waals surface area contributed by atoms with Crippen LogP contribution in [0.4, 0.5) is 11.4 Å². The van der Waals surface area contributed by atoms with Gasteiger partial charge in [0.25, 0.3) is 11.6 Å². The second kappa shape index (κ2) is 9.48. The van der Waals surface area contributed by atoms with Crippen LogP contribution in [-0.4, -0.2) is 40.0 Å². The maximum atomic E-state index is 13.5. The fraction of sp³-hybridized carbons (Fsp3) is 0.208. The van der Waals surface area contributed by atoms with Gasteiger partial charge in [-0.15, -0.1) is 0 Å². The van der Waals surface area contributed by atoms with E-state index in [4.69, 9.17) is 11.6 Å². The molecule has 1 N–H and O–H groups in total. The van der Waals surface area contributed by atoms with Crippen molar-refractivity contribution in [3.63, 3.8) is 0 Å². The summed E-state index contributed by atoms with van der Waals surface area (Å²) in [6.07, 6.45) is 0. The molecule has 0 aromatic heterocycles. The highest BCUT2D eigenvalue weighted by Crippen LogP contribution is 2.31. The molecule has 0 spiro atoms. The van der Waals surface area contributed by atoms with Crippen LogP contribution in [0.3, 0.4) is 0 Å². The lowest BCUT2D eigenvalue weighted by molar-refractivity contribution is -0.384. The molecule has 3 aromatic rings. The number of hydrogen-bond acceptors (Lipinski definition) is 5. The molecular weight excluding hydrogens is 430 g/mol. The highest BCUT2D eigenvalue weighted by Gasteiger charge is 2.32. The quantitative estimate of drug-likeness (QED) is 0.462. The summed E-state index contributed by atoms with van der Waals surface area (Å²) in [6, 6.07) is 21.1. The van der Waals surface area contributed by atoms with Crippen molar-refractivity contribution in [2.45, 2.75) is 19.1 Å². The summed E-state index contributed by atoms with van der Waals surface area (Å²) in [6.45, 7) is 1.32. The van der Waals surface area contributed by atoms with Crippen LogP contribution >= 0.6 is 11.6 Å². The summed E-state index contributed by atoms with van der Waals surface area (Å²) in [5, 5.41) is 21.2. The zero-order chi connectivity index (χ0) is 22.7.